The number of hydrogen-bond donors (Lipinski definition) is 4. The minimum atomic E-state index is -2.89. The van der Waals surface area contributed by atoms with Gasteiger partial charge in [-0.1, -0.05) is 91.8 Å². The number of para-hydroxylation sites is 2. The normalized spacial score (nSPS) is 10.0. The molecule has 0 saturated heterocycles. The van der Waals surface area contributed by atoms with Crippen molar-refractivity contribution in [2.45, 2.75) is 94.9 Å². The van der Waals surface area contributed by atoms with Gasteiger partial charge in [0, 0.05) is 51.9 Å². The molecule has 0 heterocycles. The van der Waals surface area contributed by atoms with Crippen LogP contribution in [0.3, 0.4) is 0 Å². The topological polar surface area (TPSA) is 123 Å². The molecule has 1 atom stereocenters. The smallest absolute Gasteiger partial charge is 0.147 e. The van der Waals surface area contributed by atoms with Crippen LogP contribution in [0.25, 0.3) is 0 Å². The van der Waals surface area contributed by atoms with Gasteiger partial charge >= 0.3 is 0 Å². The molecule has 9 heteroatoms. The monoisotopic (exact) mass is 640 g/mol. The SMILES string of the molecule is CC.CC.CC.CC.CC(=N)CNc1ccccc1CCCS(C)(=O)=O.CC(=N)CNc1ccccc1CCCS(C)=O. The van der Waals surface area contributed by atoms with Gasteiger partial charge in [-0.2, -0.15) is 0 Å². The van der Waals surface area contributed by atoms with Crippen molar-refractivity contribution < 1.29 is 12.6 Å². The Balaban J connectivity index is -0.000000287. The van der Waals surface area contributed by atoms with E-state index in [0.717, 1.165) is 42.0 Å². The summed E-state index contributed by atoms with van der Waals surface area (Å²) in [5.41, 5.74) is 5.59. The summed E-state index contributed by atoms with van der Waals surface area (Å²) in [5.74, 6) is 0.961. The van der Waals surface area contributed by atoms with Crippen molar-refractivity contribution in [3.8, 4) is 0 Å². The van der Waals surface area contributed by atoms with E-state index in [1.165, 1.54) is 11.8 Å². The summed E-state index contributed by atoms with van der Waals surface area (Å²) in [6.07, 6.45) is 6.22. The van der Waals surface area contributed by atoms with Gasteiger partial charge in [0.05, 0.1) is 18.8 Å². The molecule has 2 aromatic carbocycles. The minimum absolute atomic E-state index is 0.213. The molecule has 0 bridgehead atoms. The number of anilines is 2. The lowest BCUT2D eigenvalue weighted by atomic mass is 10.1. The van der Waals surface area contributed by atoms with Gasteiger partial charge < -0.3 is 21.5 Å². The second kappa shape index (κ2) is 32.4. The van der Waals surface area contributed by atoms with Gasteiger partial charge in [0.2, 0.25) is 0 Å². The Morgan fingerprint density at radius 3 is 1.37 bits per heavy atom. The summed E-state index contributed by atoms with van der Waals surface area (Å²) in [7, 11) is -3.60. The van der Waals surface area contributed by atoms with Crippen LogP contribution in [0, 0.1) is 10.8 Å². The molecule has 43 heavy (non-hydrogen) atoms. The fourth-order valence-corrected chi connectivity index (χ4v) is 4.49. The molecule has 0 aromatic heterocycles. The molecule has 0 saturated carbocycles. The maximum Gasteiger partial charge on any atom is 0.147 e. The minimum Gasteiger partial charge on any atom is -0.380 e. The first-order valence-corrected chi connectivity index (χ1v) is 19.5. The maximum atomic E-state index is 11.1. The van der Waals surface area contributed by atoms with Crippen molar-refractivity contribution in [1.82, 2.24) is 0 Å². The lowest BCUT2D eigenvalue weighted by Gasteiger charge is -2.11. The highest BCUT2D eigenvalue weighted by molar-refractivity contribution is 7.90. The van der Waals surface area contributed by atoms with Gasteiger partial charge in [-0.3, -0.25) is 4.21 Å². The Bertz CT molecular complexity index is 1090. The van der Waals surface area contributed by atoms with Gasteiger partial charge in [-0.15, -0.1) is 0 Å². The Kier molecular flexibility index (Phi) is 35.7. The number of hydrogen-bond acceptors (Lipinski definition) is 7. The molecular weight excluding hydrogens is 577 g/mol. The van der Waals surface area contributed by atoms with Crippen molar-refractivity contribution in [2.24, 2.45) is 0 Å². The molecule has 4 N–H and O–H groups in total. The highest BCUT2D eigenvalue weighted by Gasteiger charge is 2.05. The Morgan fingerprint density at radius 2 is 1.05 bits per heavy atom. The fraction of sp³-hybridized carbons (Fsp3) is 0.588. The van der Waals surface area contributed by atoms with E-state index in [2.05, 4.69) is 16.7 Å². The van der Waals surface area contributed by atoms with E-state index in [1.54, 1.807) is 20.1 Å². The van der Waals surface area contributed by atoms with E-state index in [9.17, 15) is 12.6 Å². The molecule has 7 nitrogen and oxygen atoms in total. The Morgan fingerprint density at radius 1 is 0.698 bits per heavy atom. The first-order valence-electron chi connectivity index (χ1n) is 15.7. The molecule has 0 fully saturated rings. The average Bonchev–Trinajstić information content (AvgIpc) is 3.00. The second-order valence-corrected chi connectivity index (χ2v) is 12.5. The standard InChI is InChI=1S/C13H20N2O2S.C13H20N2OS.4C2H6/c1-11(14)10-15-13-8-4-3-6-12(13)7-5-9-18(2,16)17;1-11(14)10-15-13-8-4-3-6-12(13)7-5-9-17(2)16;4*1-2/h3-4,6,8,14-15H,5,7,9-10H2,1-2H3;3-4,6,8,14-15H,5,7,9-10H2,1-2H3;4*1-2H3. The third-order valence-corrected chi connectivity index (χ3v) is 6.86. The lowest BCUT2D eigenvalue weighted by molar-refractivity contribution is 0.599. The van der Waals surface area contributed by atoms with Crippen LogP contribution in [0.5, 0.6) is 0 Å². The zero-order valence-corrected chi connectivity index (χ0v) is 30.9. The zero-order valence-electron chi connectivity index (χ0n) is 29.3. The summed E-state index contributed by atoms with van der Waals surface area (Å²) in [6, 6.07) is 15.9. The summed E-state index contributed by atoms with van der Waals surface area (Å²) < 4.78 is 33.2. The van der Waals surface area contributed by atoms with Gasteiger partial charge in [-0.25, -0.2) is 8.42 Å². The predicted octanol–water partition coefficient (Wildman–Crippen LogP) is 8.67. The number of rotatable bonds is 14. The Hall–Kier alpha value is -2.52. The summed E-state index contributed by atoms with van der Waals surface area (Å²) in [6.45, 7) is 20.6. The van der Waals surface area contributed by atoms with Gasteiger partial charge in [-0.05, 0) is 62.8 Å². The molecule has 0 aliphatic rings. The quantitative estimate of drug-likeness (QED) is 0.154. The molecule has 250 valence electrons. The summed E-state index contributed by atoms with van der Waals surface area (Å²) in [4.78, 5) is 0. The van der Waals surface area contributed by atoms with Gasteiger partial charge in [0.1, 0.15) is 9.84 Å². The van der Waals surface area contributed by atoms with Crippen molar-refractivity contribution in [1.29, 1.82) is 10.8 Å². The third kappa shape index (κ3) is 30.7. The van der Waals surface area contributed by atoms with Crippen molar-refractivity contribution >= 4 is 43.4 Å². The molecule has 0 spiro atoms. The van der Waals surface area contributed by atoms with Crippen LogP contribution in [-0.4, -0.2) is 61.2 Å². The lowest BCUT2D eigenvalue weighted by Crippen LogP contribution is -2.11. The first-order chi connectivity index (χ1) is 20.5. The first kappa shape index (κ1) is 47.4. The van der Waals surface area contributed by atoms with E-state index in [-0.39, 0.29) is 5.75 Å². The molecule has 0 amide bonds. The second-order valence-electron chi connectivity index (χ2n) is 8.70. The fourth-order valence-electron chi connectivity index (χ4n) is 3.27. The Labute approximate surface area is 268 Å². The van der Waals surface area contributed by atoms with E-state index in [4.69, 9.17) is 10.8 Å². The van der Waals surface area contributed by atoms with Gasteiger partial charge in [0.15, 0.2) is 0 Å². The zero-order chi connectivity index (χ0) is 34.3. The van der Waals surface area contributed by atoms with Crippen LogP contribution in [0.2, 0.25) is 0 Å². The predicted molar refractivity (Wildman–Crippen MR) is 197 cm³/mol. The molecule has 2 rings (SSSR count). The highest BCUT2D eigenvalue weighted by atomic mass is 32.2. The van der Waals surface area contributed by atoms with Crippen molar-refractivity contribution in [2.75, 3.05) is 47.7 Å². The molecule has 2 aromatic rings. The average molecular weight is 641 g/mol. The van der Waals surface area contributed by atoms with Crippen LogP contribution in [-0.2, 0) is 33.5 Å². The summed E-state index contributed by atoms with van der Waals surface area (Å²) >= 11 is 0. The number of nitrogens with one attached hydrogen (secondary N) is 4. The van der Waals surface area contributed by atoms with Crippen LogP contribution in [0.1, 0.15) is 93.2 Å². The molecule has 0 aliphatic carbocycles. The number of benzene rings is 2. The van der Waals surface area contributed by atoms with E-state index < -0.39 is 20.6 Å². The molecular formula is C34H64N4O3S2. The largest absolute Gasteiger partial charge is 0.380 e. The van der Waals surface area contributed by atoms with Crippen molar-refractivity contribution in [3.05, 3.63) is 59.7 Å². The number of aryl methyl sites for hydroxylation is 2. The third-order valence-electron chi connectivity index (χ3n) is 4.96. The van der Waals surface area contributed by atoms with Crippen molar-refractivity contribution in [3.63, 3.8) is 0 Å². The van der Waals surface area contributed by atoms with Crippen LogP contribution >= 0.6 is 0 Å². The van der Waals surface area contributed by atoms with Crippen LogP contribution in [0.4, 0.5) is 11.4 Å². The molecule has 1 unspecified atom stereocenters. The van der Waals surface area contributed by atoms with Gasteiger partial charge in [0.25, 0.3) is 0 Å². The highest BCUT2D eigenvalue weighted by Crippen LogP contribution is 2.17. The van der Waals surface area contributed by atoms with E-state index in [1.807, 2.05) is 97.9 Å². The van der Waals surface area contributed by atoms with E-state index in [0.29, 0.717) is 30.9 Å². The molecule has 0 radical (unpaired) electrons. The van der Waals surface area contributed by atoms with Crippen LogP contribution in [0.15, 0.2) is 48.5 Å². The van der Waals surface area contributed by atoms with E-state index >= 15 is 0 Å². The summed E-state index contributed by atoms with van der Waals surface area (Å²) in [5, 5.41) is 21.2. The maximum absolute atomic E-state index is 11.1. The molecule has 0 aliphatic heterocycles. The van der Waals surface area contributed by atoms with Crippen LogP contribution < -0.4 is 10.6 Å². The number of sulfone groups is 1.